The zero-order valence-corrected chi connectivity index (χ0v) is 7.45. The summed E-state index contributed by atoms with van der Waals surface area (Å²) in [6, 6.07) is 0. The average molecular weight is 163 g/mol. The molecule has 1 saturated carbocycles. The van der Waals surface area contributed by atoms with Crippen molar-refractivity contribution in [2.75, 3.05) is 19.6 Å². The highest BCUT2D eigenvalue weighted by molar-refractivity contribution is 6.18. The number of hydrogen-bond acceptors (Lipinski definition) is 1. The standard InChI is InChI=1S/C8H15ClO/c1-7(5-10-2)8(6-9)3-4-8/h7H,3-6H2,1-2H3. The molecule has 1 unspecified atom stereocenters. The summed E-state index contributed by atoms with van der Waals surface area (Å²) in [6.45, 7) is 3.08. The molecule has 1 rings (SSSR count). The molecule has 10 heavy (non-hydrogen) atoms. The Bertz CT molecular complexity index is 110. The Morgan fingerprint density at radius 3 is 2.50 bits per heavy atom. The number of hydrogen-bond donors (Lipinski definition) is 0. The molecule has 1 atom stereocenters. The van der Waals surface area contributed by atoms with E-state index in [0.29, 0.717) is 11.3 Å². The van der Waals surface area contributed by atoms with E-state index < -0.39 is 0 Å². The van der Waals surface area contributed by atoms with Gasteiger partial charge in [-0.3, -0.25) is 0 Å². The second kappa shape index (κ2) is 3.10. The molecule has 0 amide bonds. The van der Waals surface area contributed by atoms with Gasteiger partial charge in [0.2, 0.25) is 0 Å². The van der Waals surface area contributed by atoms with Crippen LogP contribution in [0, 0.1) is 11.3 Å². The second-order valence-electron chi connectivity index (χ2n) is 3.35. The van der Waals surface area contributed by atoms with Crippen molar-refractivity contribution in [3.8, 4) is 0 Å². The summed E-state index contributed by atoms with van der Waals surface area (Å²) in [5.41, 5.74) is 0.442. The van der Waals surface area contributed by atoms with E-state index in [-0.39, 0.29) is 0 Å². The number of methoxy groups -OCH3 is 1. The van der Waals surface area contributed by atoms with E-state index in [0.717, 1.165) is 12.5 Å². The van der Waals surface area contributed by atoms with E-state index in [1.54, 1.807) is 7.11 Å². The van der Waals surface area contributed by atoms with Crippen molar-refractivity contribution in [2.24, 2.45) is 11.3 Å². The summed E-state index contributed by atoms with van der Waals surface area (Å²) >= 11 is 5.83. The van der Waals surface area contributed by atoms with Gasteiger partial charge in [0.25, 0.3) is 0 Å². The van der Waals surface area contributed by atoms with Gasteiger partial charge >= 0.3 is 0 Å². The maximum Gasteiger partial charge on any atom is 0.0493 e. The third kappa shape index (κ3) is 1.46. The first-order valence-corrected chi connectivity index (χ1v) is 4.33. The average Bonchev–Trinajstić information content (AvgIpc) is 2.68. The van der Waals surface area contributed by atoms with Crippen LogP contribution in [0.1, 0.15) is 19.8 Å². The molecule has 0 saturated heterocycles. The minimum Gasteiger partial charge on any atom is -0.384 e. The minimum atomic E-state index is 0.442. The van der Waals surface area contributed by atoms with E-state index in [1.807, 2.05) is 0 Å². The first-order chi connectivity index (χ1) is 4.75. The van der Waals surface area contributed by atoms with Crippen molar-refractivity contribution in [2.45, 2.75) is 19.8 Å². The highest BCUT2D eigenvalue weighted by Crippen LogP contribution is 2.52. The molecule has 0 aromatic heterocycles. The van der Waals surface area contributed by atoms with Gasteiger partial charge in [0.1, 0.15) is 0 Å². The fraction of sp³-hybridized carbons (Fsp3) is 1.00. The first-order valence-electron chi connectivity index (χ1n) is 3.80. The Kier molecular flexibility index (Phi) is 2.59. The van der Waals surface area contributed by atoms with Crippen molar-refractivity contribution in [3.63, 3.8) is 0 Å². The second-order valence-corrected chi connectivity index (χ2v) is 3.62. The summed E-state index contributed by atoms with van der Waals surface area (Å²) in [4.78, 5) is 0. The molecule has 0 radical (unpaired) electrons. The third-order valence-electron chi connectivity index (χ3n) is 2.62. The summed E-state index contributed by atoms with van der Waals surface area (Å²) in [5.74, 6) is 1.44. The van der Waals surface area contributed by atoms with E-state index in [2.05, 4.69) is 6.92 Å². The van der Waals surface area contributed by atoms with Gasteiger partial charge in [-0.05, 0) is 24.2 Å². The van der Waals surface area contributed by atoms with Gasteiger partial charge in [-0.2, -0.15) is 0 Å². The third-order valence-corrected chi connectivity index (χ3v) is 3.15. The summed E-state index contributed by atoms with van der Waals surface area (Å²) in [7, 11) is 1.75. The maximum absolute atomic E-state index is 5.83. The molecule has 1 aliphatic rings. The van der Waals surface area contributed by atoms with Gasteiger partial charge in [-0.15, -0.1) is 11.6 Å². The van der Waals surface area contributed by atoms with Gasteiger partial charge in [-0.25, -0.2) is 0 Å². The van der Waals surface area contributed by atoms with Crippen LogP contribution >= 0.6 is 11.6 Å². The lowest BCUT2D eigenvalue weighted by molar-refractivity contribution is 0.128. The maximum atomic E-state index is 5.83. The van der Waals surface area contributed by atoms with Crippen LogP contribution in [0.4, 0.5) is 0 Å². The van der Waals surface area contributed by atoms with Crippen molar-refractivity contribution in [1.82, 2.24) is 0 Å². The van der Waals surface area contributed by atoms with Crippen molar-refractivity contribution in [1.29, 1.82) is 0 Å². The quantitative estimate of drug-likeness (QED) is 0.577. The molecule has 1 nitrogen and oxygen atoms in total. The largest absolute Gasteiger partial charge is 0.384 e. The van der Waals surface area contributed by atoms with Gasteiger partial charge in [0.15, 0.2) is 0 Å². The summed E-state index contributed by atoms with van der Waals surface area (Å²) in [5, 5.41) is 0. The Morgan fingerprint density at radius 1 is 1.60 bits per heavy atom. The Balaban J connectivity index is 2.32. The predicted molar refractivity (Wildman–Crippen MR) is 43.4 cm³/mol. The molecular weight excluding hydrogens is 148 g/mol. The fourth-order valence-corrected chi connectivity index (χ4v) is 1.88. The summed E-state index contributed by atoms with van der Waals surface area (Å²) in [6.07, 6.45) is 2.59. The zero-order valence-electron chi connectivity index (χ0n) is 6.69. The van der Waals surface area contributed by atoms with Crippen LogP contribution in [0.2, 0.25) is 0 Å². The van der Waals surface area contributed by atoms with Crippen molar-refractivity contribution in [3.05, 3.63) is 0 Å². The van der Waals surface area contributed by atoms with E-state index in [9.17, 15) is 0 Å². The first kappa shape index (κ1) is 8.35. The minimum absolute atomic E-state index is 0.442. The molecule has 2 heteroatoms. The normalized spacial score (nSPS) is 24.3. The lowest BCUT2D eigenvalue weighted by atomic mass is 9.94. The number of rotatable bonds is 4. The van der Waals surface area contributed by atoms with Gasteiger partial charge in [0, 0.05) is 19.6 Å². The molecule has 60 valence electrons. The molecule has 0 aromatic carbocycles. The van der Waals surface area contributed by atoms with Gasteiger partial charge in [-0.1, -0.05) is 6.92 Å². The molecule has 0 N–H and O–H groups in total. The molecule has 0 aromatic rings. The Morgan fingerprint density at radius 2 is 2.20 bits per heavy atom. The number of ether oxygens (including phenoxy) is 1. The van der Waals surface area contributed by atoms with Crippen LogP contribution in [0.15, 0.2) is 0 Å². The SMILES string of the molecule is COCC(C)C1(CCl)CC1. The van der Waals surface area contributed by atoms with Crippen LogP contribution in [0.25, 0.3) is 0 Å². The molecule has 1 fully saturated rings. The van der Waals surface area contributed by atoms with E-state index in [4.69, 9.17) is 16.3 Å². The van der Waals surface area contributed by atoms with Crippen LogP contribution in [0.5, 0.6) is 0 Å². The van der Waals surface area contributed by atoms with E-state index in [1.165, 1.54) is 12.8 Å². The Hall–Kier alpha value is 0.250. The van der Waals surface area contributed by atoms with Gasteiger partial charge in [0.05, 0.1) is 0 Å². The predicted octanol–water partition coefficient (Wildman–Crippen LogP) is 2.29. The monoisotopic (exact) mass is 162 g/mol. The number of alkyl halides is 1. The van der Waals surface area contributed by atoms with Crippen LogP contribution in [0.3, 0.4) is 0 Å². The molecule has 0 aliphatic heterocycles. The lowest BCUT2D eigenvalue weighted by Gasteiger charge is -2.19. The molecule has 1 aliphatic carbocycles. The smallest absolute Gasteiger partial charge is 0.0493 e. The molecule has 0 spiro atoms. The van der Waals surface area contributed by atoms with Crippen molar-refractivity contribution < 1.29 is 4.74 Å². The zero-order chi connectivity index (χ0) is 7.61. The van der Waals surface area contributed by atoms with Crippen LogP contribution < -0.4 is 0 Å². The molecular formula is C8H15ClO. The highest BCUT2D eigenvalue weighted by Gasteiger charge is 2.46. The lowest BCUT2D eigenvalue weighted by Crippen LogP contribution is -2.19. The van der Waals surface area contributed by atoms with Gasteiger partial charge < -0.3 is 4.74 Å². The van der Waals surface area contributed by atoms with E-state index >= 15 is 0 Å². The molecule has 0 heterocycles. The van der Waals surface area contributed by atoms with Crippen molar-refractivity contribution >= 4 is 11.6 Å². The van der Waals surface area contributed by atoms with Crippen LogP contribution in [-0.2, 0) is 4.74 Å². The summed E-state index contributed by atoms with van der Waals surface area (Å²) < 4.78 is 5.07. The van der Waals surface area contributed by atoms with Crippen LogP contribution in [-0.4, -0.2) is 19.6 Å². The topological polar surface area (TPSA) is 9.23 Å². The highest BCUT2D eigenvalue weighted by atomic mass is 35.5. The molecule has 0 bridgehead atoms. The Labute approximate surface area is 67.7 Å². The fourth-order valence-electron chi connectivity index (χ4n) is 1.35. The number of halogens is 1.